The van der Waals surface area contributed by atoms with E-state index in [0.717, 1.165) is 22.9 Å². The van der Waals surface area contributed by atoms with Crippen LogP contribution < -0.4 is 0 Å². The molecule has 0 unspecified atom stereocenters. The van der Waals surface area contributed by atoms with E-state index in [2.05, 4.69) is 0 Å². The molecule has 0 radical (unpaired) electrons. The van der Waals surface area contributed by atoms with Gasteiger partial charge in [0.05, 0.1) is 21.9 Å². The summed E-state index contributed by atoms with van der Waals surface area (Å²) in [4.78, 5) is 54.0. The number of amides is 3. The van der Waals surface area contributed by atoms with Crippen molar-refractivity contribution in [1.29, 1.82) is 0 Å². The van der Waals surface area contributed by atoms with Crippen molar-refractivity contribution < 1.29 is 19.2 Å². The van der Waals surface area contributed by atoms with Gasteiger partial charge in [0.15, 0.2) is 5.78 Å². The first-order valence-electron chi connectivity index (χ1n) is 11.1. The van der Waals surface area contributed by atoms with Crippen molar-refractivity contribution in [1.82, 2.24) is 10.0 Å². The lowest BCUT2D eigenvalue weighted by Gasteiger charge is -2.36. The average Bonchev–Trinajstić information content (AvgIpc) is 3.09. The Hall–Kier alpha value is -2.70. The highest BCUT2D eigenvalue weighted by Gasteiger charge is 2.53. The van der Waals surface area contributed by atoms with Crippen LogP contribution in [0.3, 0.4) is 0 Å². The molecule has 4 rings (SSSR count). The smallest absolute Gasteiger partial charge is 0.273 e. The molecular formula is C25H24Cl2N2O4. The molecule has 1 saturated carbocycles. The normalized spacial score (nSPS) is 21.0. The van der Waals surface area contributed by atoms with E-state index in [4.69, 9.17) is 23.2 Å². The molecule has 1 saturated heterocycles. The van der Waals surface area contributed by atoms with Crippen molar-refractivity contribution in [3.05, 3.63) is 69.7 Å². The molecule has 0 aromatic heterocycles. The SMILES string of the molecule is CC[C@H](C(=O)c1ccccc1)N(C(=O)c1ccc(Cl)c(Cl)c1)N1C(=O)[C@H]2CCCC[C@H]2C1=O. The minimum Gasteiger partial charge on any atom is -0.292 e. The molecule has 1 heterocycles. The van der Waals surface area contributed by atoms with Gasteiger partial charge in [-0.25, -0.2) is 5.01 Å². The largest absolute Gasteiger partial charge is 0.292 e. The predicted octanol–water partition coefficient (Wildman–Crippen LogP) is 5.19. The van der Waals surface area contributed by atoms with Crippen molar-refractivity contribution in [3.63, 3.8) is 0 Å². The van der Waals surface area contributed by atoms with Crippen LogP contribution in [0.25, 0.3) is 0 Å². The van der Waals surface area contributed by atoms with Gasteiger partial charge in [-0.3, -0.25) is 19.2 Å². The highest BCUT2D eigenvalue weighted by Crippen LogP contribution is 2.40. The van der Waals surface area contributed by atoms with E-state index in [0.29, 0.717) is 18.4 Å². The number of nitrogens with zero attached hydrogens (tertiary/aromatic N) is 2. The molecule has 1 aliphatic carbocycles. The van der Waals surface area contributed by atoms with Gasteiger partial charge in [0.2, 0.25) is 0 Å². The average molecular weight is 487 g/mol. The van der Waals surface area contributed by atoms with Gasteiger partial charge in [-0.1, -0.05) is 73.3 Å². The Bertz CT molecular complexity index is 1080. The molecule has 3 amide bonds. The minimum atomic E-state index is -1.04. The first kappa shape index (κ1) is 23.5. The lowest BCUT2D eigenvalue weighted by Crippen LogP contribution is -2.57. The molecular weight excluding hydrogens is 463 g/mol. The third kappa shape index (κ3) is 4.30. The number of halogens is 2. The van der Waals surface area contributed by atoms with Gasteiger partial charge in [0, 0.05) is 11.1 Å². The summed E-state index contributed by atoms with van der Waals surface area (Å²) >= 11 is 12.1. The molecule has 2 aromatic rings. The summed E-state index contributed by atoms with van der Waals surface area (Å²) in [5.74, 6) is -2.75. The van der Waals surface area contributed by atoms with Crippen molar-refractivity contribution in [2.45, 2.75) is 45.1 Å². The van der Waals surface area contributed by atoms with E-state index < -0.39 is 35.6 Å². The number of carbonyl (C=O) groups is 4. The topological polar surface area (TPSA) is 74.8 Å². The number of rotatable bonds is 6. The number of carbonyl (C=O) groups excluding carboxylic acids is 4. The molecule has 2 aromatic carbocycles. The maximum atomic E-state index is 13.8. The van der Waals surface area contributed by atoms with Crippen molar-refractivity contribution in [2.75, 3.05) is 0 Å². The fraction of sp³-hybridized carbons (Fsp3) is 0.360. The number of ketones is 1. The van der Waals surface area contributed by atoms with Gasteiger partial charge in [-0.15, -0.1) is 0 Å². The molecule has 33 heavy (non-hydrogen) atoms. The third-order valence-corrected chi connectivity index (χ3v) is 7.19. The number of imide groups is 1. The van der Waals surface area contributed by atoms with Crippen molar-refractivity contribution >= 4 is 46.7 Å². The van der Waals surface area contributed by atoms with E-state index in [-0.39, 0.29) is 27.8 Å². The Morgan fingerprint density at radius 2 is 1.55 bits per heavy atom. The third-order valence-electron chi connectivity index (χ3n) is 6.45. The number of benzene rings is 2. The van der Waals surface area contributed by atoms with Crippen LogP contribution >= 0.6 is 23.2 Å². The molecule has 172 valence electrons. The predicted molar refractivity (Wildman–Crippen MR) is 125 cm³/mol. The van der Waals surface area contributed by atoms with Gasteiger partial charge in [-0.05, 0) is 37.5 Å². The molecule has 1 aliphatic heterocycles. The van der Waals surface area contributed by atoms with Crippen molar-refractivity contribution in [2.24, 2.45) is 11.8 Å². The Labute approximate surface area is 202 Å². The molecule has 0 N–H and O–H groups in total. The highest BCUT2D eigenvalue weighted by atomic mass is 35.5. The maximum Gasteiger partial charge on any atom is 0.273 e. The number of Topliss-reactive ketones (excluding diaryl/α,β-unsaturated/α-hetero) is 1. The monoisotopic (exact) mass is 486 g/mol. The number of hydrogen-bond donors (Lipinski definition) is 0. The summed E-state index contributed by atoms with van der Waals surface area (Å²) in [5, 5.41) is 2.42. The van der Waals surface area contributed by atoms with E-state index in [1.165, 1.54) is 18.2 Å². The standard InChI is InChI=1S/C25H24Cl2N2O4/c1-2-21(22(30)15-8-4-3-5-9-15)28(23(31)16-12-13-19(26)20(27)14-16)29-24(32)17-10-6-7-11-18(17)25(29)33/h3-5,8-9,12-14,17-18,21H,2,6-7,10-11H2,1H3/t17-,18+,21-/m1/s1. The van der Waals surface area contributed by atoms with E-state index in [1.54, 1.807) is 37.3 Å². The quantitative estimate of drug-likeness (QED) is 0.415. The first-order valence-corrected chi connectivity index (χ1v) is 11.9. The summed E-state index contributed by atoms with van der Waals surface area (Å²) in [7, 11) is 0. The van der Waals surface area contributed by atoms with Crippen LogP contribution in [0.15, 0.2) is 48.5 Å². The fourth-order valence-electron chi connectivity index (χ4n) is 4.75. The van der Waals surface area contributed by atoms with E-state index in [9.17, 15) is 19.2 Å². The summed E-state index contributed by atoms with van der Waals surface area (Å²) in [6, 6.07) is 11.8. The van der Waals surface area contributed by atoms with Crippen LogP contribution in [0.5, 0.6) is 0 Å². The molecule has 0 spiro atoms. The van der Waals surface area contributed by atoms with Crippen LogP contribution in [0, 0.1) is 11.8 Å². The van der Waals surface area contributed by atoms with Crippen LogP contribution in [0.2, 0.25) is 10.0 Å². The molecule has 6 nitrogen and oxygen atoms in total. The molecule has 8 heteroatoms. The molecule has 3 atom stereocenters. The second-order valence-electron chi connectivity index (χ2n) is 8.42. The number of hydrazine groups is 1. The molecule has 0 bridgehead atoms. The minimum absolute atomic E-state index is 0.138. The van der Waals surface area contributed by atoms with Gasteiger partial charge < -0.3 is 0 Å². The Balaban J connectivity index is 1.80. The van der Waals surface area contributed by atoms with E-state index in [1.807, 2.05) is 0 Å². The maximum absolute atomic E-state index is 13.8. The van der Waals surface area contributed by atoms with Crippen LogP contribution in [0.4, 0.5) is 0 Å². The van der Waals surface area contributed by atoms with Crippen LogP contribution in [-0.4, -0.2) is 39.6 Å². The summed E-state index contributed by atoms with van der Waals surface area (Å²) < 4.78 is 0. The second kappa shape index (κ2) is 9.65. The number of hydrogen-bond acceptors (Lipinski definition) is 4. The zero-order chi connectivity index (χ0) is 23.7. The Morgan fingerprint density at radius 3 is 2.09 bits per heavy atom. The lowest BCUT2D eigenvalue weighted by molar-refractivity contribution is -0.156. The van der Waals surface area contributed by atoms with Crippen molar-refractivity contribution in [3.8, 4) is 0 Å². The van der Waals surface area contributed by atoms with Gasteiger partial charge in [0.25, 0.3) is 17.7 Å². The zero-order valence-electron chi connectivity index (χ0n) is 18.2. The second-order valence-corrected chi connectivity index (χ2v) is 9.23. The van der Waals surface area contributed by atoms with Crippen LogP contribution in [0.1, 0.15) is 59.7 Å². The Kier molecular flexibility index (Phi) is 6.86. The summed E-state index contributed by atoms with van der Waals surface area (Å²) in [6.45, 7) is 1.75. The van der Waals surface area contributed by atoms with Gasteiger partial charge in [-0.2, -0.15) is 5.01 Å². The number of fused-ring (bicyclic) bond motifs is 1. The lowest BCUT2D eigenvalue weighted by atomic mass is 9.81. The highest BCUT2D eigenvalue weighted by molar-refractivity contribution is 6.42. The summed E-state index contributed by atoms with van der Waals surface area (Å²) in [5.41, 5.74) is 0.534. The molecule has 2 aliphatic rings. The first-order chi connectivity index (χ1) is 15.8. The zero-order valence-corrected chi connectivity index (χ0v) is 19.7. The van der Waals surface area contributed by atoms with Crippen LogP contribution in [-0.2, 0) is 9.59 Å². The van der Waals surface area contributed by atoms with E-state index >= 15 is 0 Å². The van der Waals surface area contributed by atoms with Gasteiger partial charge >= 0.3 is 0 Å². The van der Waals surface area contributed by atoms with Gasteiger partial charge in [0.1, 0.15) is 6.04 Å². The summed E-state index contributed by atoms with van der Waals surface area (Å²) in [6.07, 6.45) is 3.13. The fourth-order valence-corrected chi connectivity index (χ4v) is 5.05. The molecule has 2 fully saturated rings. The Morgan fingerprint density at radius 1 is 0.939 bits per heavy atom.